The van der Waals surface area contributed by atoms with Crippen LogP contribution in [-0.4, -0.2) is 96.7 Å². The molecule has 14 heteroatoms. The standard InChI is InChI=1S/C43H47N9O5/c1-26(48-43(55)56)41(53)51-19-5-9-37(51)39-45-23-35(49-39)29-15-11-27(12-16-29)28-13-17-30(18-14-28)36-24-46-40(50-36)38-10-6-20-52(38)42(54)34(47-25-57-2)21-31-22-44-33-8-4-3-7-32(31)33/h3-4,7-8,11-18,22-24,26,34,37-38,44,47-48H,5-6,9-10,19-21,25H2,1-2H3,(H,45,49)(H,46,50)(H,55,56)/t26-,34-,37-,38?/m0/s1. The number of amides is 3. The van der Waals surface area contributed by atoms with Crippen molar-refractivity contribution in [2.24, 2.45) is 0 Å². The van der Waals surface area contributed by atoms with E-state index in [4.69, 9.17) is 14.8 Å². The lowest BCUT2D eigenvalue weighted by atomic mass is 10.0. The molecule has 2 fully saturated rings. The molecule has 2 saturated heterocycles. The van der Waals surface area contributed by atoms with Gasteiger partial charge in [0, 0.05) is 37.3 Å². The average Bonchev–Trinajstić information content (AvgIpc) is 4.09. The van der Waals surface area contributed by atoms with Crippen molar-refractivity contribution in [1.29, 1.82) is 0 Å². The van der Waals surface area contributed by atoms with Gasteiger partial charge < -0.3 is 39.9 Å². The molecule has 14 nitrogen and oxygen atoms in total. The van der Waals surface area contributed by atoms with E-state index in [9.17, 15) is 14.4 Å². The quantitative estimate of drug-likeness (QED) is 0.0729. The van der Waals surface area contributed by atoms with Crippen molar-refractivity contribution in [3.63, 3.8) is 0 Å². The number of fused-ring (bicyclic) bond motifs is 1. The largest absolute Gasteiger partial charge is 0.465 e. The minimum Gasteiger partial charge on any atom is -0.465 e. The summed E-state index contributed by atoms with van der Waals surface area (Å²) >= 11 is 0. The summed E-state index contributed by atoms with van der Waals surface area (Å²) in [4.78, 5) is 61.4. The number of likely N-dealkylation sites (tertiary alicyclic amines) is 2. The number of carboxylic acid groups (broad SMARTS) is 1. The van der Waals surface area contributed by atoms with E-state index in [0.717, 1.165) is 81.6 Å². The molecule has 8 rings (SSSR count). The van der Waals surface area contributed by atoms with E-state index in [1.165, 1.54) is 0 Å². The molecule has 57 heavy (non-hydrogen) atoms. The Morgan fingerprint density at radius 3 is 1.91 bits per heavy atom. The first kappa shape index (κ1) is 37.7. The fourth-order valence-corrected chi connectivity index (χ4v) is 8.27. The highest BCUT2D eigenvalue weighted by atomic mass is 16.5. The highest BCUT2D eigenvalue weighted by Crippen LogP contribution is 2.35. The van der Waals surface area contributed by atoms with E-state index >= 15 is 0 Å². The van der Waals surface area contributed by atoms with Gasteiger partial charge in [0.05, 0.1) is 48.6 Å². The highest BCUT2D eigenvalue weighted by molar-refractivity contribution is 5.87. The van der Waals surface area contributed by atoms with Crippen LogP contribution in [0.25, 0.3) is 44.5 Å². The molecule has 6 aromatic rings. The number of methoxy groups -OCH3 is 1. The Hall–Kier alpha value is -6.25. The van der Waals surface area contributed by atoms with Crippen LogP contribution in [0, 0.1) is 0 Å². The Kier molecular flexibility index (Phi) is 10.9. The van der Waals surface area contributed by atoms with Gasteiger partial charge in [-0.05, 0) is 72.9 Å². The molecule has 2 aliphatic heterocycles. The third-order valence-electron chi connectivity index (χ3n) is 11.2. The van der Waals surface area contributed by atoms with Crippen molar-refractivity contribution in [2.45, 2.75) is 63.2 Å². The van der Waals surface area contributed by atoms with Gasteiger partial charge >= 0.3 is 6.09 Å². The van der Waals surface area contributed by atoms with Crippen LogP contribution in [0.5, 0.6) is 0 Å². The summed E-state index contributed by atoms with van der Waals surface area (Å²) in [7, 11) is 1.62. The molecule has 0 spiro atoms. The molecule has 0 radical (unpaired) electrons. The lowest BCUT2D eigenvalue weighted by molar-refractivity contribution is -0.135. The predicted octanol–water partition coefficient (Wildman–Crippen LogP) is 6.40. The molecule has 4 atom stereocenters. The molecule has 2 aliphatic rings. The smallest absolute Gasteiger partial charge is 0.405 e. The summed E-state index contributed by atoms with van der Waals surface area (Å²) in [6.45, 7) is 3.06. The van der Waals surface area contributed by atoms with Crippen LogP contribution in [0.4, 0.5) is 4.79 Å². The number of rotatable bonds is 13. The van der Waals surface area contributed by atoms with Gasteiger partial charge in [-0.3, -0.25) is 14.9 Å². The van der Waals surface area contributed by atoms with Gasteiger partial charge in [-0.25, -0.2) is 14.8 Å². The zero-order valence-corrected chi connectivity index (χ0v) is 32.0. The topological polar surface area (TPSA) is 184 Å². The Balaban J connectivity index is 0.918. The molecule has 6 N–H and O–H groups in total. The van der Waals surface area contributed by atoms with Crippen LogP contribution in [-0.2, 0) is 20.7 Å². The number of imidazole rings is 2. The number of para-hydroxylation sites is 1. The maximum Gasteiger partial charge on any atom is 0.405 e. The van der Waals surface area contributed by atoms with Crippen molar-refractivity contribution in [3.05, 3.63) is 109 Å². The lowest BCUT2D eigenvalue weighted by Crippen LogP contribution is -2.48. The number of H-pyrrole nitrogens is 3. The summed E-state index contributed by atoms with van der Waals surface area (Å²) in [5, 5.41) is 15.7. The number of carbonyl (C=O) groups is 3. The summed E-state index contributed by atoms with van der Waals surface area (Å²) in [6.07, 6.45) is 8.24. The van der Waals surface area contributed by atoms with Crippen molar-refractivity contribution >= 4 is 28.8 Å². The molecule has 294 valence electrons. The summed E-state index contributed by atoms with van der Waals surface area (Å²) in [6, 6.07) is 23.0. The normalized spacial score (nSPS) is 17.9. The fourth-order valence-electron chi connectivity index (χ4n) is 8.27. The van der Waals surface area contributed by atoms with Gasteiger partial charge in [0.1, 0.15) is 17.7 Å². The minimum atomic E-state index is -1.22. The number of hydrogen-bond donors (Lipinski definition) is 6. The third kappa shape index (κ3) is 7.91. The molecule has 5 heterocycles. The SMILES string of the molecule is COCN[C@@H](Cc1c[nH]c2ccccc12)C(=O)N1CCCC1c1ncc(-c2ccc(-c3ccc(-c4cnc([C@@H]5CCCN5C(=O)[C@H](C)NC(=O)O)[nH]4)cc3)cc2)[nH]1. The second-order valence-electron chi connectivity index (χ2n) is 14.8. The molecule has 3 aromatic carbocycles. The molecule has 0 aliphatic carbocycles. The minimum absolute atomic E-state index is 0.0375. The van der Waals surface area contributed by atoms with Crippen LogP contribution < -0.4 is 10.6 Å². The Bertz CT molecular complexity index is 2350. The summed E-state index contributed by atoms with van der Waals surface area (Å²) < 4.78 is 5.32. The Labute approximate surface area is 330 Å². The van der Waals surface area contributed by atoms with Gasteiger partial charge in [-0.15, -0.1) is 0 Å². The number of hydrogen-bond acceptors (Lipinski definition) is 7. The number of nitrogens with one attached hydrogen (secondary N) is 5. The molecule has 1 unspecified atom stereocenters. The van der Waals surface area contributed by atoms with E-state index < -0.39 is 18.2 Å². The van der Waals surface area contributed by atoms with Gasteiger partial charge in [-0.1, -0.05) is 66.7 Å². The van der Waals surface area contributed by atoms with Gasteiger partial charge in [0.15, 0.2) is 0 Å². The van der Waals surface area contributed by atoms with Crippen molar-refractivity contribution in [1.82, 2.24) is 45.4 Å². The average molecular weight is 770 g/mol. The zero-order chi connectivity index (χ0) is 39.5. The monoisotopic (exact) mass is 769 g/mol. The lowest BCUT2D eigenvalue weighted by Gasteiger charge is -2.28. The van der Waals surface area contributed by atoms with Crippen molar-refractivity contribution in [3.8, 4) is 33.6 Å². The number of carbonyl (C=O) groups excluding carboxylic acids is 2. The molecular formula is C43H47N9O5. The number of aromatic amines is 3. The maximum atomic E-state index is 14.1. The Morgan fingerprint density at radius 2 is 1.35 bits per heavy atom. The van der Waals surface area contributed by atoms with E-state index in [1.54, 1.807) is 25.1 Å². The van der Waals surface area contributed by atoms with E-state index in [-0.39, 0.29) is 30.6 Å². The summed E-state index contributed by atoms with van der Waals surface area (Å²) in [5.74, 6) is 1.26. The number of nitrogens with zero attached hydrogens (tertiary/aromatic N) is 4. The first-order valence-corrected chi connectivity index (χ1v) is 19.5. The predicted molar refractivity (Wildman–Crippen MR) is 216 cm³/mol. The van der Waals surface area contributed by atoms with Crippen LogP contribution in [0.15, 0.2) is 91.4 Å². The molecular weight excluding hydrogens is 723 g/mol. The molecule has 3 amide bonds. The van der Waals surface area contributed by atoms with Gasteiger partial charge in [0.25, 0.3) is 0 Å². The van der Waals surface area contributed by atoms with Crippen molar-refractivity contribution < 1.29 is 24.2 Å². The first-order valence-electron chi connectivity index (χ1n) is 19.5. The number of ether oxygens (including phenoxy) is 1. The van der Waals surface area contributed by atoms with E-state index in [2.05, 4.69) is 73.0 Å². The number of aromatic nitrogens is 5. The molecule has 0 bridgehead atoms. The highest BCUT2D eigenvalue weighted by Gasteiger charge is 2.37. The summed E-state index contributed by atoms with van der Waals surface area (Å²) in [5.41, 5.74) is 7.97. The van der Waals surface area contributed by atoms with Gasteiger partial charge in [0.2, 0.25) is 11.8 Å². The number of benzene rings is 3. The second kappa shape index (κ2) is 16.5. The molecule has 0 saturated carbocycles. The van der Waals surface area contributed by atoms with Gasteiger partial charge in [-0.2, -0.15) is 0 Å². The van der Waals surface area contributed by atoms with Crippen LogP contribution in [0.3, 0.4) is 0 Å². The second-order valence-corrected chi connectivity index (χ2v) is 14.8. The maximum absolute atomic E-state index is 14.1. The first-order chi connectivity index (χ1) is 27.8. The van der Waals surface area contributed by atoms with Crippen LogP contribution in [0.2, 0.25) is 0 Å². The third-order valence-corrected chi connectivity index (χ3v) is 11.2. The fraction of sp³-hybridized carbons (Fsp3) is 0.326. The van der Waals surface area contributed by atoms with Crippen LogP contribution in [0.1, 0.15) is 61.9 Å². The van der Waals surface area contributed by atoms with E-state index in [1.807, 2.05) is 47.6 Å². The molecule has 3 aromatic heterocycles. The van der Waals surface area contributed by atoms with Crippen molar-refractivity contribution in [2.75, 3.05) is 26.9 Å². The Morgan fingerprint density at radius 1 is 0.807 bits per heavy atom. The van der Waals surface area contributed by atoms with Crippen LogP contribution >= 0.6 is 0 Å². The van der Waals surface area contributed by atoms with E-state index in [0.29, 0.717) is 25.3 Å². The zero-order valence-electron chi connectivity index (χ0n) is 32.0.